The first kappa shape index (κ1) is 18.0. The summed E-state index contributed by atoms with van der Waals surface area (Å²) >= 11 is 0. The van der Waals surface area contributed by atoms with Crippen LogP contribution < -0.4 is 5.32 Å². The minimum Gasteiger partial charge on any atom is -0.466 e. The molecule has 2 aromatic rings. The lowest BCUT2D eigenvalue weighted by Crippen LogP contribution is -2.47. The molecule has 26 heavy (non-hydrogen) atoms. The average molecular weight is 367 g/mol. The van der Waals surface area contributed by atoms with Crippen LogP contribution in [0.1, 0.15) is 24.1 Å². The van der Waals surface area contributed by atoms with Crippen LogP contribution in [0.5, 0.6) is 0 Å². The Kier molecular flexibility index (Phi) is 4.71. The van der Waals surface area contributed by atoms with E-state index in [-0.39, 0.29) is 12.2 Å². The standard InChI is InChI=1S/C17H16F3N3O3/c1-2-26-16(25)14-12(9-24)22-13-7-8-21-23(13)15(14)10-5-3-4-6-11(10)17(18,19)20/h3-9,12,14-15,22H,2H2,1H3. The number of aldehydes is 1. The summed E-state index contributed by atoms with van der Waals surface area (Å²) in [4.78, 5) is 24.0. The Morgan fingerprint density at radius 3 is 2.73 bits per heavy atom. The van der Waals surface area contributed by atoms with Crippen LogP contribution in [0.25, 0.3) is 0 Å². The summed E-state index contributed by atoms with van der Waals surface area (Å²) < 4.78 is 46.9. The van der Waals surface area contributed by atoms with Gasteiger partial charge in [0.15, 0.2) is 0 Å². The van der Waals surface area contributed by atoms with Crippen molar-refractivity contribution >= 4 is 18.1 Å². The third-order valence-electron chi connectivity index (χ3n) is 4.27. The predicted octanol–water partition coefficient (Wildman–Crippen LogP) is 2.66. The molecule has 1 aromatic carbocycles. The second-order valence-corrected chi connectivity index (χ2v) is 5.77. The monoisotopic (exact) mass is 367 g/mol. The normalized spacial score (nSPS) is 22.2. The van der Waals surface area contributed by atoms with Gasteiger partial charge in [-0.25, -0.2) is 4.68 Å². The summed E-state index contributed by atoms with van der Waals surface area (Å²) in [5.74, 6) is -1.60. The molecule has 0 aliphatic carbocycles. The van der Waals surface area contributed by atoms with Crippen LogP contribution in [0.4, 0.5) is 19.0 Å². The topological polar surface area (TPSA) is 73.2 Å². The van der Waals surface area contributed by atoms with E-state index in [0.29, 0.717) is 12.1 Å². The molecule has 1 aliphatic rings. The zero-order chi connectivity index (χ0) is 18.9. The molecule has 0 fully saturated rings. The van der Waals surface area contributed by atoms with Gasteiger partial charge in [-0.05, 0) is 18.6 Å². The van der Waals surface area contributed by atoms with E-state index < -0.39 is 35.7 Å². The summed E-state index contributed by atoms with van der Waals surface area (Å²) in [5, 5.41) is 6.89. The molecule has 6 nitrogen and oxygen atoms in total. The van der Waals surface area contributed by atoms with Crippen molar-refractivity contribution in [3.05, 3.63) is 47.7 Å². The Bertz CT molecular complexity index is 819. The number of carbonyl (C=O) groups is 2. The molecule has 1 aromatic heterocycles. The van der Waals surface area contributed by atoms with Crippen molar-refractivity contribution in [1.82, 2.24) is 9.78 Å². The van der Waals surface area contributed by atoms with E-state index in [9.17, 15) is 22.8 Å². The van der Waals surface area contributed by atoms with E-state index in [1.807, 2.05) is 0 Å². The molecule has 1 aliphatic heterocycles. The fourth-order valence-corrected chi connectivity index (χ4v) is 3.23. The minimum absolute atomic E-state index is 0.0422. The summed E-state index contributed by atoms with van der Waals surface area (Å²) in [6.45, 7) is 1.63. The summed E-state index contributed by atoms with van der Waals surface area (Å²) in [7, 11) is 0. The molecule has 0 amide bonds. The van der Waals surface area contributed by atoms with Crippen molar-refractivity contribution in [2.24, 2.45) is 5.92 Å². The van der Waals surface area contributed by atoms with Gasteiger partial charge in [-0.3, -0.25) is 4.79 Å². The minimum atomic E-state index is -4.62. The van der Waals surface area contributed by atoms with Gasteiger partial charge in [-0.2, -0.15) is 18.3 Å². The zero-order valence-corrected chi connectivity index (χ0v) is 13.7. The van der Waals surface area contributed by atoms with E-state index in [2.05, 4.69) is 10.4 Å². The van der Waals surface area contributed by atoms with Gasteiger partial charge >= 0.3 is 12.1 Å². The quantitative estimate of drug-likeness (QED) is 0.664. The molecule has 0 saturated heterocycles. The molecule has 1 N–H and O–H groups in total. The maximum Gasteiger partial charge on any atom is 0.416 e. The number of benzene rings is 1. The van der Waals surface area contributed by atoms with Crippen molar-refractivity contribution in [1.29, 1.82) is 0 Å². The van der Waals surface area contributed by atoms with E-state index in [4.69, 9.17) is 4.74 Å². The summed E-state index contributed by atoms with van der Waals surface area (Å²) in [5.41, 5.74) is -1.02. The number of aromatic nitrogens is 2. The van der Waals surface area contributed by atoms with Gasteiger partial charge in [0, 0.05) is 6.07 Å². The molecule has 0 radical (unpaired) electrons. The molecule has 9 heteroatoms. The number of hydrogen-bond donors (Lipinski definition) is 1. The number of nitrogens with zero attached hydrogens (tertiary/aromatic N) is 2. The van der Waals surface area contributed by atoms with Crippen LogP contribution in [-0.2, 0) is 20.5 Å². The molecular weight excluding hydrogens is 351 g/mol. The van der Waals surface area contributed by atoms with Crippen LogP contribution in [0.15, 0.2) is 36.5 Å². The Balaban J connectivity index is 2.21. The molecular formula is C17H16F3N3O3. The molecule has 3 unspecified atom stereocenters. The lowest BCUT2D eigenvalue weighted by Gasteiger charge is -2.37. The van der Waals surface area contributed by atoms with Gasteiger partial charge in [0.25, 0.3) is 0 Å². The molecule has 3 atom stereocenters. The average Bonchev–Trinajstić information content (AvgIpc) is 3.07. The fraction of sp³-hybridized carbons (Fsp3) is 0.353. The highest BCUT2D eigenvalue weighted by atomic mass is 19.4. The number of esters is 1. The first-order valence-electron chi connectivity index (χ1n) is 7.96. The second kappa shape index (κ2) is 6.81. The van der Waals surface area contributed by atoms with Gasteiger partial charge in [0.1, 0.15) is 18.0 Å². The molecule has 0 saturated carbocycles. The predicted molar refractivity (Wildman–Crippen MR) is 85.4 cm³/mol. The van der Waals surface area contributed by atoms with Crippen molar-refractivity contribution < 1.29 is 27.5 Å². The maximum atomic E-state index is 13.5. The lowest BCUT2D eigenvalue weighted by atomic mass is 9.83. The number of hydrogen-bond acceptors (Lipinski definition) is 5. The van der Waals surface area contributed by atoms with Crippen LogP contribution >= 0.6 is 0 Å². The van der Waals surface area contributed by atoms with E-state index in [1.54, 1.807) is 6.92 Å². The summed E-state index contributed by atoms with van der Waals surface area (Å²) in [6, 6.07) is 4.32. The van der Waals surface area contributed by atoms with Crippen LogP contribution in [0.2, 0.25) is 0 Å². The Labute approximate surface area is 146 Å². The Hall–Kier alpha value is -2.84. The highest BCUT2D eigenvalue weighted by Crippen LogP contribution is 2.42. The molecule has 0 spiro atoms. The second-order valence-electron chi connectivity index (χ2n) is 5.77. The van der Waals surface area contributed by atoms with Gasteiger partial charge in [0.2, 0.25) is 0 Å². The molecule has 2 heterocycles. The molecule has 0 bridgehead atoms. The number of nitrogens with one attached hydrogen (secondary N) is 1. The smallest absolute Gasteiger partial charge is 0.416 e. The van der Waals surface area contributed by atoms with Crippen LogP contribution in [0, 0.1) is 5.92 Å². The van der Waals surface area contributed by atoms with Crippen molar-refractivity contribution in [2.75, 3.05) is 11.9 Å². The molecule has 138 valence electrons. The lowest BCUT2D eigenvalue weighted by molar-refractivity contribution is -0.152. The van der Waals surface area contributed by atoms with Crippen molar-refractivity contribution in [2.45, 2.75) is 25.2 Å². The maximum absolute atomic E-state index is 13.5. The molecule has 3 rings (SSSR count). The van der Waals surface area contributed by atoms with Gasteiger partial charge in [-0.1, -0.05) is 18.2 Å². The van der Waals surface area contributed by atoms with Gasteiger partial charge in [0.05, 0.1) is 30.5 Å². The Morgan fingerprint density at radius 1 is 1.35 bits per heavy atom. The highest BCUT2D eigenvalue weighted by molar-refractivity contribution is 5.82. The summed E-state index contributed by atoms with van der Waals surface area (Å²) in [6.07, 6.45) is -2.73. The largest absolute Gasteiger partial charge is 0.466 e. The van der Waals surface area contributed by atoms with E-state index >= 15 is 0 Å². The third kappa shape index (κ3) is 3.04. The third-order valence-corrected chi connectivity index (χ3v) is 4.27. The fourth-order valence-electron chi connectivity index (χ4n) is 3.23. The number of halogens is 3. The number of rotatable bonds is 4. The zero-order valence-electron chi connectivity index (χ0n) is 13.7. The first-order chi connectivity index (χ1) is 12.4. The number of anilines is 1. The van der Waals surface area contributed by atoms with E-state index in [0.717, 1.165) is 6.07 Å². The Morgan fingerprint density at radius 2 is 2.08 bits per heavy atom. The van der Waals surface area contributed by atoms with Crippen molar-refractivity contribution in [3.8, 4) is 0 Å². The van der Waals surface area contributed by atoms with E-state index in [1.165, 1.54) is 35.1 Å². The van der Waals surface area contributed by atoms with Crippen LogP contribution in [-0.4, -0.2) is 34.7 Å². The number of ether oxygens (including phenoxy) is 1. The van der Waals surface area contributed by atoms with Crippen molar-refractivity contribution in [3.63, 3.8) is 0 Å². The number of carbonyl (C=O) groups excluding carboxylic acids is 2. The number of fused-ring (bicyclic) bond motifs is 1. The number of alkyl halides is 3. The highest BCUT2D eigenvalue weighted by Gasteiger charge is 2.46. The van der Waals surface area contributed by atoms with Crippen LogP contribution in [0.3, 0.4) is 0 Å². The first-order valence-corrected chi connectivity index (χ1v) is 7.96. The van der Waals surface area contributed by atoms with Gasteiger partial charge in [-0.15, -0.1) is 0 Å². The SMILES string of the molecule is CCOC(=O)C1C(C=O)Nc2ccnn2C1c1ccccc1C(F)(F)F. The van der Waals surface area contributed by atoms with Gasteiger partial charge < -0.3 is 14.8 Å².